The number of hydrogen-bond donors (Lipinski definition) is 0. The third-order valence-corrected chi connectivity index (χ3v) is 8.65. The molecule has 0 saturated carbocycles. The van der Waals surface area contributed by atoms with Gasteiger partial charge in [-0.15, -0.1) is 0 Å². The van der Waals surface area contributed by atoms with Gasteiger partial charge in [-0.3, -0.25) is 0 Å². The predicted octanol–water partition coefficient (Wildman–Crippen LogP) is 11.2. The molecule has 1 aliphatic rings. The van der Waals surface area contributed by atoms with Gasteiger partial charge in [0.15, 0.2) is 0 Å². The molecule has 0 aromatic heterocycles. The highest BCUT2D eigenvalue weighted by Gasteiger charge is 2.35. The van der Waals surface area contributed by atoms with Crippen LogP contribution in [0.2, 0.25) is 0 Å². The summed E-state index contributed by atoms with van der Waals surface area (Å²) in [4.78, 5) is 2.36. The molecule has 0 bridgehead atoms. The fourth-order valence-electron chi connectivity index (χ4n) is 5.83. The minimum atomic E-state index is -0.0452. The quantitative estimate of drug-likeness (QED) is 0.207. The van der Waals surface area contributed by atoms with Crippen LogP contribution < -0.4 is 4.90 Å². The van der Waals surface area contributed by atoms with Crippen molar-refractivity contribution in [2.24, 2.45) is 0 Å². The van der Waals surface area contributed by atoms with Gasteiger partial charge in [0.2, 0.25) is 0 Å². The van der Waals surface area contributed by atoms with E-state index < -0.39 is 0 Å². The van der Waals surface area contributed by atoms with Crippen molar-refractivity contribution in [3.05, 3.63) is 136 Å². The summed E-state index contributed by atoms with van der Waals surface area (Å²) in [6, 6.07) is 42.3. The SMILES string of the molecule is CC(C)(C)c1ccc(-c2ccc(N(c3ccc(Br)cc3)c3ccc4c(c3)C(C)(C)c3ccccc3-4)cc2)cc1. The molecule has 6 rings (SSSR count). The Morgan fingerprint density at radius 2 is 1.08 bits per heavy atom. The molecule has 39 heavy (non-hydrogen) atoms. The van der Waals surface area contributed by atoms with E-state index >= 15 is 0 Å². The van der Waals surface area contributed by atoms with E-state index in [1.807, 2.05) is 0 Å². The Bertz CT molecular complexity index is 1640. The van der Waals surface area contributed by atoms with Gasteiger partial charge in [-0.05, 0) is 92.9 Å². The van der Waals surface area contributed by atoms with E-state index in [9.17, 15) is 0 Å². The van der Waals surface area contributed by atoms with Gasteiger partial charge in [0.1, 0.15) is 0 Å². The third kappa shape index (κ3) is 4.61. The van der Waals surface area contributed by atoms with E-state index in [1.54, 1.807) is 0 Å². The molecule has 0 N–H and O–H groups in total. The van der Waals surface area contributed by atoms with Crippen molar-refractivity contribution < 1.29 is 0 Å². The summed E-state index contributed by atoms with van der Waals surface area (Å²) in [7, 11) is 0. The first-order chi connectivity index (χ1) is 18.6. The lowest BCUT2D eigenvalue weighted by Crippen LogP contribution is -2.16. The molecule has 1 nitrogen and oxygen atoms in total. The van der Waals surface area contributed by atoms with E-state index in [0.717, 1.165) is 15.8 Å². The van der Waals surface area contributed by atoms with Gasteiger partial charge in [0.25, 0.3) is 0 Å². The minimum Gasteiger partial charge on any atom is -0.310 e. The van der Waals surface area contributed by atoms with E-state index in [4.69, 9.17) is 0 Å². The molecule has 5 aromatic carbocycles. The van der Waals surface area contributed by atoms with Gasteiger partial charge < -0.3 is 4.90 Å². The van der Waals surface area contributed by atoms with Crippen LogP contribution in [-0.2, 0) is 10.8 Å². The zero-order chi connectivity index (χ0) is 27.4. The van der Waals surface area contributed by atoms with Crippen molar-refractivity contribution in [2.45, 2.75) is 45.4 Å². The molecule has 0 heterocycles. The summed E-state index contributed by atoms with van der Waals surface area (Å²) < 4.78 is 1.07. The van der Waals surface area contributed by atoms with Crippen molar-refractivity contribution in [3.8, 4) is 22.3 Å². The largest absolute Gasteiger partial charge is 0.310 e. The van der Waals surface area contributed by atoms with Crippen molar-refractivity contribution in [1.29, 1.82) is 0 Å². The highest BCUT2D eigenvalue weighted by Crippen LogP contribution is 2.50. The Labute approximate surface area is 241 Å². The average molecular weight is 573 g/mol. The first kappa shape index (κ1) is 25.6. The van der Waals surface area contributed by atoms with E-state index in [2.05, 4.69) is 171 Å². The molecule has 194 valence electrons. The molecule has 0 amide bonds. The summed E-state index contributed by atoms with van der Waals surface area (Å²) in [6.07, 6.45) is 0. The van der Waals surface area contributed by atoms with Crippen LogP contribution in [-0.4, -0.2) is 0 Å². The molecule has 0 spiro atoms. The van der Waals surface area contributed by atoms with Gasteiger partial charge in [0, 0.05) is 26.9 Å². The molecule has 2 heteroatoms. The molecule has 0 unspecified atom stereocenters. The normalized spacial score (nSPS) is 13.6. The lowest BCUT2D eigenvalue weighted by atomic mass is 9.82. The second kappa shape index (κ2) is 9.54. The molecule has 0 radical (unpaired) electrons. The number of anilines is 3. The van der Waals surface area contributed by atoms with Gasteiger partial charge >= 0.3 is 0 Å². The van der Waals surface area contributed by atoms with Crippen molar-refractivity contribution in [2.75, 3.05) is 4.90 Å². The van der Waals surface area contributed by atoms with Gasteiger partial charge in [-0.2, -0.15) is 0 Å². The monoisotopic (exact) mass is 571 g/mol. The van der Waals surface area contributed by atoms with Crippen LogP contribution in [0.15, 0.2) is 120 Å². The Morgan fingerprint density at radius 3 is 1.69 bits per heavy atom. The number of nitrogens with zero attached hydrogens (tertiary/aromatic N) is 1. The molecule has 0 saturated heterocycles. The number of hydrogen-bond acceptors (Lipinski definition) is 1. The Kier molecular flexibility index (Phi) is 6.27. The van der Waals surface area contributed by atoms with E-state index in [1.165, 1.54) is 44.6 Å². The second-order valence-corrected chi connectivity index (χ2v) is 13.0. The number of benzene rings is 5. The van der Waals surface area contributed by atoms with Crippen LogP contribution in [0.5, 0.6) is 0 Å². The van der Waals surface area contributed by atoms with Crippen molar-refractivity contribution in [1.82, 2.24) is 0 Å². The zero-order valence-corrected chi connectivity index (χ0v) is 24.9. The smallest absolute Gasteiger partial charge is 0.0465 e. The van der Waals surface area contributed by atoms with Gasteiger partial charge in [0.05, 0.1) is 0 Å². The maximum Gasteiger partial charge on any atom is 0.0465 e. The van der Waals surface area contributed by atoms with Crippen LogP contribution in [0.25, 0.3) is 22.3 Å². The predicted molar refractivity (Wildman–Crippen MR) is 171 cm³/mol. The molecular weight excluding hydrogens is 538 g/mol. The van der Waals surface area contributed by atoms with Crippen LogP contribution in [0.3, 0.4) is 0 Å². The lowest BCUT2D eigenvalue weighted by molar-refractivity contribution is 0.590. The summed E-state index contributed by atoms with van der Waals surface area (Å²) in [5, 5.41) is 0. The fraction of sp³-hybridized carbons (Fsp3) is 0.189. The number of rotatable bonds is 4. The summed E-state index contributed by atoms with van der Waals surface area (Å²) in [6.45, 7) is 11.4. The maximum absolute atomic E-state index is 3.61. The molecule has 0 atom stereocenters. The first-order valence-corrected chi connectivity index (χ1v) is 14.4. The van der Waals surface area contributed by atoms with Crippen molar-refractivity contribution in [3.63, 3.8) is 0 Å². The lowest BCUT2D eigenvalue weighted by Gasteiger charge is -2.28. The number of halogens is 1. The van der Waals surface area contributed by atoms with E-state index in [-0.39, 0.29) is 10.8 Å². The molecule has 0 aliphatic heterocycles. The second-order valence-electron chi connectivity index (χ2n) is 12.1. The van der Waals surface area contributed by atoms with Gasteiger partial charge in [-0.25, -0.2) is 0 Å². The average Bonchev–Trinajstić information content (AvgIpc) is 3.16. The molecule has 1 aliphatic carbocycles. The minimum absolute atomic E-state index is 0.0452. The standard InChI is InChI=1S/C37H34BrN/c1-36(2,3)27-14-10-25(11-15-27)26-12-18-29(19-13-26)39(30-20-16-28(38)17-21-30)31-22-23-33-32-8-6-7-9-34(32)37(4,5)35(33)24-31/h6-24H,1-5H3. The first-order valence-electron chi connectivity index (χ1n) is 13.6. The topological polar surface area (TPSA) is 3.24 Å². The summed E-state index contributed by atoms with van der Waals surface area (Å²) in [5.74, 6) is 0. The Balaban J connectivity index is 1.41. The molecule has 5 aromatic rings. The summed E-state index contributed by atoms with van der Waals surface area (Å²) in [5.41, 5.74) is 12.8. The van der Waals surface area contributed by atoms with Crippen LogP contribution in [0, 0.1) is 0 Å². The highest BCUT2D eigenvalue weighted by atomic mass is 79.9. The fourth-order valence-corrected chi connectivity index (χ4v) is 6.10. The zero-order valence-electron chi connectivity index (χ0n) is 23.3. The maximum atomic E-state index is 3.61. The summed E-state index contributed by atoms with van der Waals surface area (Å²) >= 11 is 3.61. The molecule has 0 fully saturated rings. The molecular formula is C37H34BrN. The van der Waals surface area contributed by atoms with E-state index in [0.29, 0.717) is 0 Å². The van der Waals surface area contributed by atoms with Crippen molar-refractivity contribution >= 4 is 33.0 Å². The highest BCUT2D eigenvalue weighted by molar-refractivity contribution is 9.10. The Hall–Kier alpha value is -3.62. The van der Waals surface area contributed by atoms with Crippen LogP contribution in [0.1, 0.15) is 51.3 Å². The van der Waals surface area contributed by atoms with Gasteiger partial charge in [-0.1, -0.05) is 117 Å². The van der Waals surface area contributed by atoms with Crippen LogP contribution >= 0.6 is 15.9 Å². The number of fused-ring (bicyclic) bond motifs is 3. The third-order valence-electron chi connectivity index (χ3n) is 8.12. The Morgan fingerprint density at radius 1 is 0.564 bits per heavy atom. The van der Waals surface area contributed by atoms with Crippen LogP contribution in [0.4, 0.5) is 17.1 Å².